The summed E-state index contributed by atoms with van der Waals surface area (Å²) in [6.07, 6.45) is 2.71. The molecule has 0 spiro atoms. The first-order valence-electron chi connectivity index (χ1n) is 8.84. The van der Waals surface area contributed by atoms with E-state index in [2.05, 4.69) is 48.9 Å². The van der Waals surface area contributed by atoms with Gasteiger partial charge in [0.15, 0.2) is 0 Å². The highest BCUT2D eigenvalue weighted by Crippen LogP contribution is 2.41. The van der Waals surface area contributed by atoms with E-state index in [0.29, 0.717) is 17.9 Å². The number of fused-ring (bicyclic) bond motifs is 1. The number of esters is 1. The molecule has 0 radical (unpaired) electrons. The Balaban J connectivity index is 1.87. The van der Waals surface area contributed by atoms with E-state index in [1.807, 2.05) is 18.7 Å². The lowest BCUT2D eigenvalue weighted by molar-refractivity contribution is 0.0525. The summed E-state index contributed by atoms with van der Waals surface area (Å²) in [4.78, 5) is 17.5. The summed E-state index contributed by atoms with van der Waals surface area (Å²) < 4.78 is 5.01. The van der Waals surface area contributed by atoms with E-state index in [1.165, 1.54) is 28.8 Å². The third-order valence-corrected chi connectivity index (χ3v) is 5.68. The molecule has 0 aliphatic carbocycles. The van der Waals surface area contributed by atoms with Gasteiger partial charge < -0.3 is 4.74 Å². The molecule has 0 fully saturated rings. The summed E-state index contributed by atoms with van der Waals surface area (Å²) in [5.41, 5.74) is 4.58. The lowest BCUT2D eigenvalue weighted by Crippen LogP contribution is -2.22. The highest BCUT2D eigenvalue weighted by Gasteiger charge is 2.27. The highest BCUT2D eigenvalue weighted by molar-refractivity contribution is 7.99. The van der Waals surface area contributed by atoms with E-state index in [-0.39, 0.29) is 11.4 Å². The molecule has 2 aromatic rings. The number of carbonyl (C=O) groups is 1. The molecule has 134 valence electrons. The van der Waals surface area contributed by atoms with E-state index in [0.717, 1.165) is 11.1 Å². The van der Waals surface area contributed by atoms with Crippen molar-refractivity contribution in [2.45, 2.75) is 44.4 Å². The van der Waals surface area contributed by atoms with Crippen LogP contribution in [0.25, 0.3) is 0 Å². The van der Waals surface area contributed by atoms with Crippen molar-refractivity contribution in [1.29, 1.82) is 0 Å². The molecular formula is C22H23NO2S. The van der Waals surface area contributed by atoms with Crippen molar-refractivity contribution in [1.82, 2.24) is 4.98 Å². The molecule has 1 aromatic heterocycles. The van der Waals surface area contributed by atoms with Gasteiger partial charge >= 0.3 is 5.97 Å². The molecule has 1 aliphatic rings. The van der Waals surface area contributed by atoms with E-state index in [1.54, 1.807) is 13.0 Å². The summed E-state index contributed by atoms with van der Waals surface area (Å²) in [5.74, 6) is 7.18. The van der Waals surface area contributed by atoms with Crippen molar-refractivity contribution in [2.75, 3.05) is 12.4 Å². The van der Waals surface area contributed by atoms with Crippen LogP contribution in [0.5, 0.6) is 0 Å². The number of carbonyl (C=O) groups excluding carboxylic acids is 1. The summed E-state index contributed by atoms with van der Waals surface area (Å²) in [6, 6.07) is 8.23. The Kier molecular flexibility index (Phi) is 5.38. The Hall–Kier alpha value is -2.25. The zero-order valence-corrected chi connectivity index (χ0v) is 16.5. The largest absolute Gasteiger partial charge is 0.462 e. The van der Waals surface area contributed by atoms with Gasteiger partial charge in [0, 0.05) is 16.7 Å². The molecule has 26 heavy (non-hydrogen) atoms. The van der Waals surface area contributed by atoms with Crippen LogP contribution in [0.15, 0.2) is 35.4 Å². The van der Waals surface area contributed by atoms with Gasteiger partial charge in [-0.25, -0.2) is 9.78 Å². The lowest BCUT2D eigenvalue weighted by atomic mass is 9.81. The van der Waals surface area contributed by atoms with Gasteiger partial charge in [-0.3, -0.25) is 0 Å². The van der Waals surface area contributed by atoms with Crippen molar-refractivity contribution < 1.29 is 9.53 Å². The standard InChI is InChI=1S/C22H23NO2S/c1-5-25-21(24)17-12-15(2)19(23-14-17)8-6-16-7-9-20-18(13-16)22(3,4)10-11-26-20/h7,9,12-14H,5,10-11H2,1-4H3. The quantitative estimate of drug-likeness (QED) is 0.569. The van der Waals surface area contributed by atoms with Crippen LogP contribution in [0.4, 0.5) is 0 Å². The average Bonchev–Trinajstić information content (AvgIpc) is 2.61. The second-order valence-corrected chi connectivity index (χ2v) is 8.19. The van der Waals surface area contributed by atoms with Crippen LogP contribution in [-0.2, 0) is 10.2 Å². The molecular weight excluding hydrogens is 342 g/mol. The number of thioether (sulfide) groups is 1. The molecule has 4 heteroatoms. The van der Waals surface area contributed by atoms with Gasteiger partial charge in [-0.15, -0.1) is 11.8 Å². The van der Waals surface area contributed by atoms with Crippen molar-refractivity contribution in [3.05, 3.63) is 58.4 Å². The number of pyridine rings is 1. The number of aryl methyl sites for hydroxylation is 1. The molecule has 0 atom stereocenters. The molecule has 1 aliphatic heterocycles. The third-order valence-electron chi connectivity index (χ3n) is 4.61. The Labute approximate surface area is 159 Å². The molecule has 3 nitrogen and oxygen atoms in total. The molecule has 2 heterocycles. The van der Waals surface area contributed by atoms with Crippen LogP contribution >= 0.6 is 11.8 Å². The predicted octanol–water partition coefficient (Wildman–Crippen LogP) is 4.74. The number of hydrogen-bond acceptors (Lipinski definition) is 4. The van der Waals surface area contributed by atoms with Gasteiger partial charge in [0.05, 0.1) is 12.2 Å². The fourth-order valence-corrected chi connectivity index (χ4v) is 4.46. The second-order valence-electron chi connectivity index (χ2n) is 7.05. The van der Waals surface area contributed by atoms with Crippen LogP contribution in [0.3, 0.4) is 0 Å². The first-order valence-corrected chi connectivity index (χ1v) is 9.82. The molecule has 0 N–H and O–H groups in total. The highest BCUT2D eigenvalue weighted by atomic mass is 32.2. The molecule has 0 saturated heterocycles. The fourth-order valence-electron chi connectivity index (χ4n) is 2.98. The van der Waals surface area contributed by atoms with Crippen LogP contribution in [0.1, 0.15) is 59.9 Å². The Morgan fingerprint density at radius 2 is 2.12 bits per heavy atom. The summed E-state index contributed by atoms with van der Waals surface area (Å²) >= 11 is 1.92. The third kappa shape index (κ3) is 3.94. The summed E-state index contributed by atoms with van der Waals surface area (Å²) in [6.45, 7) is 8.64. The topological polar surface area (TPSA) is 39.2 Å². The lowest BCUT2D eigenvalue weighted by Gasteiger charge is -2.32. The number of nitrogens with zero attached hydrogens (tertiary/aromatic N) is 1. The number of benzene rings is 1. The zero-order chi connectivity index (χ0) is 18.7. The van der Waals surface area contributed by atoms with Crippen LogP contribution in [0, 0.1) is 18.8 Å². The van der Waals surface area contributed by atoms with Gasteiger partial charge in [-0.05, 0) is 72.7 Å². The monoisotopic (exact) mass is 365 g/mol. The fraction of sp³-hybridized carbons (Fsp3) is 0.364. The van der Waals surface area contributed by atoms with Gasteiger partial charge in [0.1, 0.15) is 5.69 Å². The van der Waals surface area contributed by atoms with Crippen LogP contribution in [0.2, 0.25) is 0 Å². The maximum Gasteiger partial charge on any atom is 0.339 e. The van der Waals surface area contributed by atoms with Gasteiger partial charge in [0.25, 0.3) is 0 Å². The number of rotatable bonds is 2. The number of aromatic nitrogens is 1. The zero-order valence-electron chi connectivity index (χ0n) is 15.7. The minimum atomic E-state index is -0.350. The van der Waals surface area contributed by atoms with E-state index in [9.17, 15) is 4.79 Å². The average molecular weight is 365 g/mol. The van der Waals surface area contributed by atoms with Crippen LogP contribution < -0.4 is 0 Å². The summed E-state index contributed by atoms with van der Waals surface area (Å²) in [7, 11) is 0. The molecule has 1 aromatic carbocycles. The second kappa shape index (κ2) is 7.55. The van der Waals surface area contributed by atoms with Gasteiger partial charge in [-0.1, -0.05) is 19.8 Å². The Morgan fingerprint density at radius 3 is 2.85 bits per heavy atom. The first-order chi connectivity index (χ1) is 12.4. The van der Waals surface area contributed by atoms with Crippen molar-refractivity contribution in [2.24, 2.45) is 0 Å². The van der Waals surface area contributed by atoms with E-state index >= 15 is 0 Å². The van der Waals surface area contributed by atoms with E-state index < -0.39 is 0 Å². The Bertz CT molecular complexity index is 906. The van der Waals surface area contributed by atoms with Crippen molar-refractivity contribution in [3.63, 3.8) is 0 Å². The SMILES string of the molecule is CCOC(=O)c1cnc(C#Cc2ccc3c(c2)C(C)(C)CCS3)c(C)c1. The molecule has 0 amide bonds. The predicted molar refractivity (Wildman–Crippen MR) is 106 cm³/mol. The number of hydrogen-bond donors (Lipinski definition) is 0. The smallest absolute Gasteiger partial charge is 0.339 e. The minimum Gasteiger partial charge on any atom is -0.462 e. The molecule has 0 saturated carbocycles. The number of ether oxygens (including phenoxy) is 1. The van der Waals surface area contributed by atoms with Crippen LogP contribution in [-0.4, -0.2) is 23.3 Å². The molecule has 3 rings (SSSR count). The molecule has 0 bridgehead atoms. The molecule has 0 unspecified atom stereocenters. The Morgan fingerprint density at radius 1 is 1.31 bits per heavy atom. The van der Waals surface area contributed by atoms with Gasteiger partial charge in [0.2, 0.25) is 0 Å². The first kappa shape index (κ1) is 18.5. The van der Waals surface area contributed by atoms with Crippen molar-refractivity contribution >= 4 is 17.7 Å². The van der Waals surface area contributed by atoms with Gasteiger partial charge in [-0.2, -0.15) is 0 Å². The maximum atomic E-state index is 11.8. The van der Waals surface area contributed by atoms with Crippen molar-refractivity contribution in [3.8, 4) is 11.8 Å². The van der Waals surface area contributed by atoms with E-state index in [4.69, 9.17) is 4.74 Å². The normalized spacial score (nSPS) is 14.8. The summed E-state index contributed by atoms with van der Waals surface area (Å²) in [5, 5.41) is 0. The maximum absolute atomic E-state index is 11.8. The minimum absolute atomic E-state index is 0.188.